The van der Waals surface area contributed by atoms with E-state index in [1.807, 2.05) is 16.9 Å². The topological polar surface area (TPSA) is 54.2 Å². The molecule has 0 fully saturated rings. The fraction of sp³-hybridized carbons (Fsp3) is 0.375. The van der Waals surface area contributed by atoms with Gasteiger partial charge in [0.2, 0.25) is 0 Å². The normalized spacial score (nSPS) is 11.0. The van der Waals surface area contributed by atoms with Crippen molar-refractivity contribution in [1.29, 1.82) is 0 Å². The van der Waals surface area contributed by atoms with E-state index in [2.05, 4.69) is 20.7 Å². The molecule has 24 heavy (non-hydrogen) atoms. The predicted molar refractivity (Wildman–Crippen MR) is 107 cm³/mol. The zero-order valence-electron chi connectivity index (χ0n) is 13.5. The standard InChI is InChI=1S/C16H21ClFN5.HI/c1-19-16(20-7-2-10-23-11-3-8-22-23)21-9-6-13-4-5-14(18)12-15(13)17;/h3-5,8,11-12H,2,6-7,9-10H2,1H3,(H2,19,20,21);1H. The van der Waals surface area contributed by atoms with Crippen molar-refractivity contribution >= 4 is 41.5 Å². The third kappa shape index (κ3) is 7.04. The average molecular weight is 466 g/mol. The van der Waals surface area contributed by atoms with E-state index in [1.54, 1.807) is 19.3 Å². The second kappa shape index (κ2) is 11.2. The van der Waals surface area contributed by atoms with Crippen molar-refractivity contribution in [3.05, 3.63) is 53.1 Å². The number of benzene rings is 1. The molecule has 2 rings (SSSR count). The van der Waals surface area contributed by atoms with E-state index in [0.29, 0.717) is 18.0 Å². The van der Waals surface area contributed by atoms with Crippen molar-refractivity contribution in [2.24, 2.45) is 4.99 Å². The van der Waals surface area contributed by atoms with Crippen molar-refractivity contribution in [2.45, 2.75) is 19.4 Å². The van der Waals surface area contributed by atoms with E-state index in [1.165, 1.54) is 12.1 Å². The van der Waals surface area contributed by atoms with Crippen molar-refractivity contribution in [3.63, 3.8) is 0 Å². The average Bonchev–Trinajstić information content (AvgIpc) is 3.05. The molecule has 8 heteroatoms. The molecule has 1 aromatic carbocycles. The van der Waals surface area contributed by atoms with Crippen LogP contribution in [0.1, 0.15) is 12.0 Å². The Labute approximate surface area is 163 Å². The second-order valence-corrected chi connectivity index (χ2v) is 5.44. The quantitative estimate of drug-likeness (QED) is 0.286. The van der Waals surface area contributed by atoms with Crippen molar-refractivity contribution in [1.82, 2.24) is 20.4 Å². The van der Waals surface area contributed by atoms with Gasteiger partial charge < -0.3 is 10.6 Å². The van der Waals surface area contributed by atoms with Gasteiger partial charge in [0.15, 0.2) is 5.96 Å². The summed E-state index contributed by atoms with van der Waals surface area (Å²) in [6.45, 7) is 2.34. The molecule has 0 unspecified atom stereocenters. The lowest BCUT2D eigenvalue weighted by Gasteiger charge is -2.12. The lowest BCUT2D eigenvalue weighted by molar-refractivity contribution is 0.570. The van der Waals surface area contributed by atoms with Gasteiger partial charge in [-0.2, -0.15) is 5.10 Å². The number of nitrogens with zero attached hydrogens (tertiary/aromatic N) is 3. The largest absolute Gasteiger partial charge is 0.356 e. The minimum atomic E-state index is -0.318. The van der Waals surface area contributed by atoms with Crippen LogP contribution in [0.15, 0.2) is 41.7 Å². The molecule has 132 valence electrons. The summed E-state index contributed by atoms with van der Waals surface area (Å²) in [6, 6.07) is 6.37. The van der Waals surface area contributed by atoms with Crippen molar-refractivity contribution < 1.29 is 4.39 Å². The fourth-order valence-corrected chi connectivity index (χ4v) is 2.40. The zero-order chi connectivity index (χ0) is 16.5. The predicted octanol–water partition coefficient (Wildman–Crippen LogP) is 3.09. The van der Waals surface area contributed by atoms with Crippen LogP contribution in [0.3, 0.4) is 0 Å². The number of aromatic nitrogens is 2. The summed E-state index contributed by atoms with van der Waals surface area (Å²) in [7, 11) is 1.73. The lowest BCUT2D eigenvalue weighted by atomic mass is 10.1. The number of aryl methyl sites for hydroxylation is 1. The molecule has 0 aliphatic rings. The first-order chi connectivity index (χ1) is 11.2. The first-order valence-corrected chi connectivity index (χ1v) is 7.92. The molecule has 0 radical (unpaired) electrons. The van der Waals surface area contributed by atoms with Gasteiger partial charge in [-0.05, 0) is 36.6 Å². The van der Waals surface area contributed by atoms with Gasteiger partial charge in [-0.1, -0.05) is 17.7 Å². The van der Waals surface area contributed by atoms with Gasteiger partial charge in [0.1, 0.15) is 5.82 Å². The van der Waals surface area contributed by atoms with Gasteiger partial charge in [-0.15, -0.1) is 24.0 Å². The third-order valence-electron chi connectivity index (χ3n) is 3.34. The number of rotatable bonds is 7. The number of nitrogens with one attached hydrogen (secondary N) is 2. The molecular weight excluding hydrogens is 444 g/mol. The molecule has 0 atom stereocenters. The van der Waals surface area contributed by atoms with Gasteiger partial charge in [-0.25, -0.2) is 4.39 Å². The van der Waals surface area contributed by atoms with Crippen LogP contribution in [0.25, 0.3) is 0 Å². The molecule has 2 aromatic rings. The molecule has 0 bridgehead atoms. The molecule has 0 aliphatic carbocycles. The lowest BCUT2D eigenvalue weighted by Crippen LogP contribution is -2.39. The van der Waals surface area contributed by atoms with Crippen LogP contribution in [0, 0.1) is 5.82 Å². The molecule has 1 heterocycles. The van der Waals surface area contributed by atoms with E-state index in [4.69, 9.17) is 11.6 Å². The highest BCUT2D eigenvalue weighted by molar-refractivity contribution is 14.0. The highest BCUT2D eigenvalue weighted by atomic mass is 127. The second-order valence-electron chi connectivity index (χ2n) is 5.03. The number of halogens is 3. The Hall–Kier alpha value is -1.35. The Morgan fingerprint density at radius 3 is 2.79 bits per heavy atom. The fourth-order valence-electron chi connectivity index (χ4n) is 2.14. The molecule has 0 amide bonds. The molecule has 0 spiro atoms. The number of aliphatic imine (C=N–C) groups is 1. The van der Waals surface area contributed by atoms with Crippen LogP contribution in [0.5, 0.6) is 0 Å². The summed E-state index contributed by atoms with van der Waals surface area (Å²) in [5.41, 5.74) is 0.912. The van der Waals surface area contributed by atoms with Crippen LogP contribution >= 0.6 is 35.6 Å². The molecule has 2 N–H and O–H groups in total. The summed E-state index contributed by atoms with van der Waals surface area (Å²) in [4.78, 5) is 4.17. The molecule has 1 aromatic heterocycles. The molecule has 5 nitrogen and oxygen atoms in total. The van der Waals surface area contributed by atoms with Gasteiger partial charge in [0.25, 0.3) is 0 Å². The maximum absolute atomic E-state index is 13.0. The third-order valence-corrected chi connectivity index (χ3v) is 3.69. The minimum absolute atomic E-state index is 0. The van der Waals surface area contributed by atoms with E-state index in [9.17, 15) is 4.39 Å². The van der Waals surface area contributed by atoms with Gasteiger partial charge >= 0.3 is 0 Å². The van der Waals surface area contributed by atoms with E-state index in [-0.39, 0.29) is 29.8 Å². The summed E-state index contributed by atoms with van der Waals surface area (Å²) in [5.74, 6) is 0.421. The van der Waals surface area contributed by atoms with E-state index < -0.39 is 0 Å². The monoisotopic (exact) mass is 465 g/mol. The zero-order valence-corrected chi connectivity index (χ0v) is 16.6. The number of guanidine groups is 1. The van der Waals surface area contributed by atoms with Crippen LogP contribution < -0.4 is 10.6 Å². The SMILES string of the molecule is CN=C(NCCCn1cccn1)NCCc1ccc(F)cc1Cl.I. The van der Waals surface area contributed by atoms with E-state index >= 15 is 0 Å². The number of hydrogen-bond acceptors (Lipinski definition) is 2. The molecule has 0 saturated heterocycles. The van der Waals surface area contributed by atoms with E-state index in [0.717, 1.165) is 31.0 Å². The van der Waals surface area contributed by atoms with Crippen LogP contribution in [0.2, 0.25) is 5.02 Å². The molecule has 0 saturated carbocycles. The summed E-state index contributed by atoms with van der Waals surface area (Å²) < 4.78 is 14.9. The highest BCUT2D eigenvalue weighted by Crippen LogP contribution is 2.17. The first kappa shape index (κ1) is 20.7. The Morgan fingerprint density at radius 1 is 1.33 bits per heavy atom. The van der Waals surface area contributed by atoms with Gasteiger partial charge in [0, 0.05) is 44.1 Å². The van der Waals surface area contributed by atoms with Crippen molar-refractivity contribution in [3.8, 4) is 0 Å². The maximum atomic E-state index is 13.0. The molecule has 0 aliphatic heterocycles. The van der Waals surface area contributed by atoms with Crippen LogP contribution in [-0.4, -0.2) is 35.9 Å². The number of hydrogen-bond donors (Lipinski definition) is 2. The van der Waals surface area contributed by atoms with Gasteiger partial charge in [-0.3, -0.25) is 9.67 Å². The Bertz CT molecular complexity index is 633. The minimum Gasteiger partial charge on any atom is -0.356 e. The van der Waals surface area contributed by atoms with Crippen LogP contribution in [0.4, 0.5) is 4.39 Å². The Kier molecular flexibility index (Phi) is 9.70. The summed E-state index contributed by atoms with van der Waals surface area (Å²) >= 11 is 6.01. The highest BCUT2D eigenvalue weighted by Gasteiger charge is 2.03. The maximum Gasteiger partial charge on any atom is 0.190 e. The molecular formula is C16H22ClFIN5. The Balaban J connectivity index is 0.00000288. The summed E-state index contributed by atoms with van der Waals surface area (Å²) in [6.07, 6.45) is 5.37. The first-order valence-electron chi connectivity index (χ1n) is 7.55. The van der Waals surface area contributed by atoms with Crippen LogP contribution in [-0.2, 0) is 13.0 Å². The smallest absolute Gasteiger partial charge is 0.190 e. The summed E-state index contributed by atoms with van der Waals surface area (Å²) in [5, 5.41) is 11.1. The Morgan fingerprint density at radius 2 is 2.12 bits per heavy atom. The van der Waals surface area contributed by atoms with Gasteiger partial charge in [0.05, 0.1) is 0 Å². The van der Waals surface area contributed by atoms with Crippen molar-refractivity contribution in [2.75, 3.05) is 20.1 Å².